The van der Waals surface area contributed by atoms with Gasteiger partial charge in [-0.15, -0.1) is 0 Å². The lowest BCUT2D eigenvalue weighted by Crippen LogP contribution is -2.35. The van der Waals surface area contributed by atoms with Crippen molar-refractivity contribution in [1.82, 2.24) is 30.5 Å². The van der Waals surface area contributed by atoms with E-state index in [-0.39, 0.29) is 75.7 Å². The Kier molecular flexibility index (Phi) is 10.4. The van der Waals surface area contributed by atoms with E-state index in [1.807, 2.05) is 11.0 Å². The van der Waals surface area contributed by atoms with Gasteiger partial charge in [-0.25, -0.2) is 9.97 Å². The van der Waals surface area contributed by atoms with Gasteiger partial charge in [0.15, 0.2) is 5.58 Å². The number of aromatic nitrogens is 3. The molecule has 0 saturated carbocycles. The maximum atomic E-state index is 14.8. The highest BCUT2D eigenvalue weighted by Gasteiger charge is 2.44. The van der Waals surface area contributed by atoms with Crippen LogP contribution in [0.25, 0.3) is 33.7 Å². The number of ether oxygens (including phenoxy) is 2. The molecule has 2 aliphatic carbocycles. The number of alkyl halides is 6. The molecule has 0 unspecified atom stereocenters. The van der Waals surface area contributed by atoms with Crippen molar-refractivity contribution >= 4 is 28.6 Å². The first-order valence-electron chi connectivity index (χ1n) is 19.7. The first-order valence-corrected chi connectivity index (χ1v) is 20.1. The fraction of sp³-hybridized carbons (Fsp3) is 0.429. The van der Waals surface area contributed by atoms with Crippen LogP contribution in [0.4, 0.5) is 26.3 Å². The lowest BCUT2D eigenvalue weighted by Gasteiger charge is -2.24. The number of hydrogen-bond donors (Lipinski definition) is 3. The van der Waals surface area contributed by atoms with Gasteiger partial charge in [-0.2, -0.15) is 31.3 Å². The number of hydrogen-bond acceptors (Lipinski definition) is 10. The summed E-state index contributed by atoms with van der Waals surface area (Å²) in [6, 6.07) is 11.6. The summed E-state index contributed by atoms with van der Waals surface area (Å²) in [7, 11) is 1.27. The average molecular weight is 857 g/mol. The van der Waals surface area contributed by atoms with E-state index >= 15 is 0 Å². The lowest BCUT2D eigenvalue weighted by atomic mass is 9.95. The quantitative estimate of drug-likeness (QED) is 0.118. The van der Waals surface area contributed by atoms with E-state index < -0.39 is 41.7 Å². The van der Waals surface area contributed by atoms with Crippen molar-refractivity contribution < 1.29 is 50.1 Å². The molecule has 2 saturated heterocycles. The van der Waals surface area contributed by atoms with Crippen molar-refractivity contribution in [2.24, 2.45) is 0 Å². The number of amides is 1. The van der Waals surface area contributed by atoms with Gasteiger partial charge in [0.25, 0.3) is 0 Å². The zero-order chi connectivity index (χ0) is 42.1. The molecule has 2 aromatic heterocycles. The number of methoxy groups -OCH3 is 1. The van der Waals surface area contributed by atoms with Crippen molar-refractivity contribution in [3.05, 3.63) is 86.7 Å². The average Bonchev–Trinajstić information content (AvgIpc) is 4.05. The third kappa shape index (κ3) is 7.43. The summed E-state index contributed by atoms with van der Waals surface area (Å²) >= 11 is 7.06. The van der Waals surface area contributed by atoms with Gasteiger partial charge < -0.3 is 29.6 Å². The Labute approximate surface area is 344 Å². The number of aliphatic hydroxyl groups excluding tert-OH is 1. The molecule has 5 aromatic rings. The molecule has 3 N–H and O–H groups in total. The summed E-state index contributed by atoms with van der Waals surface area (Å²) in [5.74, 6) is -1.06. The van der Waals surface area contributed by atoms with Gasteiger partial charge in [-0.05, 0) is 78.5 Å². The minimum Gasteiger partial charge on any atom is -0.480 e. The molecule has 9 rings (SSSR count). The van der Waals surface area contributed by atoms with Crippen LogP contribution >= 0.6 is 11.6 Å². The van der Waals surface area contributed by atoms with Crippen LogP contribution in [0.3, 0.4) is 0 Å². The van der Waals surface area contributed by atoms with Crippen molar-refractivity contribution in [3.8, 4) is 34.3 Å². The molecule has 0 spiro atoms. The molecule has 3 aromatic carbocycles. The van der Waals surface area contributed by atoms with Crippen LogP contribution in [0, 0.1) is 0 Å². The second-order valence-corrected chi connectivity index (χ2v) is 16.0. The van der Waals surface area contributed by atoms with Gasteiger partial charge in [-0.1, -0.05) is 41.9 Å². The SMILES string of the molecule is COc1nc(O[C@H]2CCc3c(-c4cccc(-c5nc6cc7c(c(C(F)(F)F)c6o5)CC[C@H]7N5CC[C@@H](O)C5)c4Cl)cccc32)c(C(F)(F)F)nc1CNC[C@H]1CCC(=O)N1. The molecule has 316 valence electrons. The number of carbonyl (C=O) groups excluding carboxylic acids is 1. The van der Waals surface area contributed by atoms with E-state index in [1.165, 1.54) is 7.11 Å². The molecule has 60 heavy (non-hydrogen) atoms. The van der Waals surface area contributed by atoms with Crippen molar-refractivity contribution in [1.29, 1.82) is 0 Å². The Balaban J connectivity index is 1.02. The Morgan fingerprint density at radius 2 is 1.68 bits per heavy atom. The number of fused-ring (bicyclic) bond motifs is 3. The summed E-state index contributed by atoms with van der Waals surface area (Å²) in [6.07, 6.45) is -8.05. The number of halogens is 7. The van der Waals surface area contributed by atoms with E-state index in [2.05, 4.69) is 25.6 Å². The Hall–Kier alpha value is -4.97. The van der Waals surface area contributed by atoms with Crippen LogP contribution in [0.1, 0.15) is 83.5 Å². The lowest BCUT2D eigenvalue weighted by molar-refractivity contribution is -0.143. The predicted molar refractivity (Wildman–Crippen MR) is 206 cm³/mol. The molecule has 2 aliphatic heterocycles. The maximum Gasteiger partial charge on any atom is 0.438 e. The van der Waals surface area contributed by atoms with Crippen molar-refractivity contribution in [2.75, 3.05) is 26.7 Å². The van der Waals surface area contributed by atoms with Crippen LogP contribution in [-0.4, -0.2) is 69.8 Å². The smallest absolute Gasteiger partial charge is 0.438 e. The van der Waals surface area contributed by atoms with Crippen LogP contribution in [0.15, 0.2) is 46.9 Å². The highest BCUT2D eigenvalue weighted by molar-refractivity contribution is 6.36. The highest BCUT2D eigenvalue weighted by Crippen LogP contribution is 2.49. The topological polar surface area (TPSA) is 135 Å². The molecule has 2 fully saturated rings. The number of oxazole rings is 1. The van der Waals surface area contributed by atoms with Crippen LogP contribution in [-0.2, 0) is 36.5 Å². The molecule has 11 nitrogen and oxygen atoms in total. The van der Waals surface area contributed by atoms with Crippen LogP contribution in [0.2, 0.25) is 5.02 Å². The summed E-state index contributed by atoms with van der Waals surface area (Å²) in [5, 5.41) is 16.1. The second kappa shape index (κ2) is 15.5. The standard InChI is InChI=1S/C42H39ClF6N6O5/c1-58-39-30(18-50-17-20-8-13-33(57)51-20)52-37(42(47,48)49)40(54-39)59-32-12-10-23-22(4-2-5-24(23)32)26-6-3-7-27(35(26)43)38-53-29-16-28-25(34(36(29)60-38)41(44,45)46)9-11-31(28)55-15-14-21(56)19-55/h2-7,16,20-21,31-32,50,56H,8-15,17-19H2,1H3,(H,51,57)/t20-,21-,31-,32+/m1/s1. The molecule has 0 radical (unpaired) electrons. The number of benzene rings is 3. The predicted octanol–water partition coefficient (Wildman–Crippen LogP) is 8.14. The number of nitrogens with zero attached hydrogens (tertiary/aromatic N) is 4. The molecule has 1 amide bonds. The summed E-state index contributed by atoms with van der Waals surface area (Å²) in [6.45, 7) is 1.20. The van der Waals surface area contributed by atoms with Crippen molar-refractivity contribution in [2.45, 2.75) is 88.1 Å². The maximum absolute atomic E-state index is 14.8. The van der Waals surface area contributed by atoms with E-state index in [9.17, 15) is 36.2 Å². The normalized spacial score (nSPS) is 21.8. The van der Waals surface area contributed by atoms with Gasteiger partial charge in [-0.3, -0.25) is 9.69 Å². The summed E-state index contributed by atoms with van der Waals surface area (Å²) in [4.78, 5) is 26.1. The van der Waals surface area contributed by atoms with E-state index in [4.69, 9.17) is 25.5 Å². The highest BCUT2D eigenvalue weighted by atomic mass is 35.5. The minimum absolute atomic E-state index is 0.0473. The van der Waals surface area contributed by atoms with Gasteiger partial charge >= 0.3 is 12.4 Å². The number of aliphatic hydroxyl groups is 1. The Bertz CT molecular complexity index is 2490. The van der Waals surface area contributed by atoms with E-state index in [1.54, 1.807) is 36.4 Å². The van der Waals surface area contributed by atoms with Gasteiger partial charge in [0.05, 0.1) is 23.8 Å². The van der Waals surface area contributed by atoms with E-state index in [0.717, 1.165) is 5.56 Å². The number of β-amino-alcohol motifs (C(OH)–C–C–N with tert-alkyl or cyclic N) is 1. The third-order valence-corrected chi connectivity index (χ3v) is 12.3. The molecule has 4 heterocycles. The second-order valence-electron chi connectivity index (χ2n) is 15.6. The third-order valence-electron chi connectivity index (χ3n) is 11.9. The Morgan fingerprint density at radius 1 is 0.917 bits per heavy atom. The number of carbonyl (C=O) groups is 1. The summed E-state index contributed by atoms with van der Waals surface area (Å²) < 4.78 is 105. The van der Waals surface area contributed by atoms with Crippen molar-refractivity contribution in [3.63, 3.8) is 0 Å². The first-order chi connectivity index (χ1) is 28.7. The zero-order valence-corrected chi connectivity index (χ0v) is 32.9. The molecule has 4 aliphatic rings. The number of rotatable bonds is 10. The number of nitrogens with one attached hydrogen (secondary N) is 2. The molecular weight excluding hydrogens is 818 g/mol. The fourth-order valence-electron chi connectivity index (χ4n) is 9.19. The Morgan fingerprint density at radius 3 is 2.40 bits per heavy atom. The van der Waals surface area contributed by atoms with Crippen LogP contribution < -0.4 is 20.1 Å². The molecular formula is C42H39ClF6N6O5. The number of likely N-dealkylation sites (tertiary alicyclic amines) is 1. The molecule has 0 bridgehead atoms. The fourth-order valence-corrected chi connectivity index (χ4v) is 9.49. The zero-order valence-electron chi connectivity index (χ0n) is 32.1. The van der Waals surface area contributed by atoms with Gasteiger partial charge in [0.2, 0.25) is 29.3 Å². The summed E-state index contributed by atoms with van der Waals surface area (Å²) in [5.41, 5.74) is 0.964. The first kappa shape index (κ1) is 40.4. The largest absolute Gasteiger partial charge is 0.480 e. The van der Waals surface area contributed by atoms with Gasteiger partial charge in [0.1, 0.15) is 22.9 Å². The monoisotopic (exact) mass is 856 g/mol. The van der Waals surface area contributed by atoms with Gasteiger partial charge in [0, 0.05) is 50.2 Å². The van der Waals surface area contributed by atoms with E-state index in [0.29, 0.717) is 80.4 Å². The minimum atomic E-state index is -4.91. The van der Waals surface area contributed by atoms with Crippen LogP contribution in [0.5, 0.6) is 11.8 Å². The molecule has 4 atom stereocenters. The molecule has 18 heteroatoms.